The third kappa shape index (κ3) is 8.10. The van der Waals surface area contributed by atoms with Gasteiger partial charge < -0.3 is 25.0 Å². The fourth-order valence-corrected chi connectivity index (χ4v) is 2.57. The number of hydrogen-bond donors (Lipinski definition) is 2. The molecule has 0 unspecified atom stereocenters. The predicted molar refractivity (Wildman–Crippen MR) is 118 cm³/mol. The van der Waals surface area contributed by atoms with E-state index < -0.39 is 30.9 Å². The number of hydrogen-bond acceptors (Lipinski definition) is 6. The molecule has 0 aliphatic rings. The number of nitrogens with one attached hydrogen (secondary N) is 2. The highest BCUT2D eigenvalue weighted by Crippen LogP contribution is 2.12. The molecule has 0 atom stereocenters. The van der Waals surface area contributed by atoms with Crippen molar-refractivity contribution in [3.05, 3.63) is 59.7 Å². The molecule has 0 aromatic heterocycles. The summed E-state index contributed by atoms with van der Waals surface area (Å²) < 4.78 is 10.2. The topological polar surface area (TPSA) is 114 Å². The molecule has 0 aliphatic heterocycles. The lowest BCUT2D eigenvalue weighted by Crippen LogP contribution is -2.38. The van der Waals surface area contributed by atoms with Crippen molar-refractivity contribution in [2.45, 2.75) is 13.8 Å². The third-order valence-corrected chi connectivity index (χ3v) is 4.32. The van der Waals surface area contributed by atoms with Crippen molar-refractivity contribution in [3.63, 3.8) is 0 Å². The van der Waals surface area contributed by atoms with Gasteiger partial charge in [0.05, 0.1) is 13.2 Å². The van der Waals surface area contributed by atoms with Gasteiger partial charge in [-0.2, -0.15) is 0 Å². The zero-order valence-corrected chi connectivity index (χ0v) is 18.3. The van der Waals surface area contributed by atoms with Gasteiger partial charge in [-0.25, -0.2) is 0 Å². The highest BCUT2D eigenvalue weighted by atomic mass is 16.5. The maximum atomic E-state index is 12.1. The third-order valence-electron chi connectivity index (χ3n) is 4.32. The minimum atomic E-state index is -0.768. The maximum Gasteiger partial charge on any atom is 0.325 e. The Bertz CT molecular complexity index is 941. The number of ether oxygens (including phenoxy) is 2. The van der Waals surface area contributed by atoms with Crippen LogP contribution in [0.2, 0.25) is 0 Å². The highest BCUT2D eigenvalue weighted by molar-refractivity contribution is 5.96. The van der Waals surface area contributed by atoms with Gasteiger partial charge in [-0.3, -0.25) is 19.2 Å². The summed E-state index contributed by atoms with van der Waals surface area (Å²) in [5, 5.41) is 5.11. The number of carbonyl (C=O) groups excluding carboxylic acids is 4. The molecule has 0 saturated heterocycles. The molecule has 0 spiro atoms. The van der Waals surface area contributed by atoms with E-state index in [1.54, 1.807) is 36.4 Å². The number of anilines is 1. The second-order valence-corrected chi connectivity index (χ2v) is 6.96. The zero-order chi connectivity index (χ0) is 23.5. The van der Waals surface area contributed by atoms with Gasteiger partial charge in [0.15, 0.2) is 6.61 Å². The largest absolute Gasteiger partial charge is 0.494 e. The molecule has 3 amide bonds. The van der Waals surface area contributed by atoms with E-state index in [-0.39, 0.29) is 12.5 Å². The van der Waals surface area contributed by atoms with Gasteiger partial charge in [0.25, 0.3) is 11.8 Å². The van der Waals surface area contributed by atoms with E-state index in [1.807, 2.05) is 26.0 Å². The molecule has 0 aliphatic carbocycles. The molecule has 2 aromatic rings. The van der Waals surface area contributed by atoms with Crippen molar-refractivity contribution in [2.24, 2.45) is 0 Å². The van der Waals surface area contributed by atoms with Crippen molar-refractivity contribution in [1.82, 2.24) is 10.2 Å². The Labute approximate surface area is 186 Å². The lowest BCUT2D eigenvalue weighted by atomic mass is 10.2. The lowest BCUT2D eigenvalue weighted by Gasteiger charge is -2.17. The van der Waals surface area contributed by atoms with Gasteiger partial charge in [0.1, 0.15) is 12.3 Å². The van der Waals surface area contributed by atoms with E-state index in [0.717, 1.165) is 10.5 Å². The van der Waals surface area contributed by atoms with Gasteiger partial charge in [-0.05, 0) is 50.2 Å². The standard InChI is InChI=1S/C23H27N3O6/c1-4-31-19-11-7-17(8-12-19)23(30)24-13-22(29)32-15-21(28)26(3)14-20(27)25-18-9-5-16(2)6-10-18/h5-12H,4,13-15H2,1-3H3,(H,24,30)(H,25,27). The summed E-state index contributed by atoms with van der Waals surface area (Å²) in [7, 11) is 1.43. The summed E-state index contributed by atoms with van der Waals surface area (Å²) in [6.45, 7) is 3.18. The Balaban J connectivity index is 1.69. The number of benzene rings is 2. The molecule has 2 aromatic carbocycles. The van der Waals surface area contributed by atoms with Crippen molar-refractivity contribution in [2.75, 3.05) is 38.7 Å². The van der Waals surface area contributed by atoms with E-state index >= 15 is 0 Å². The Hall–Kier alpha value is -3.88. The molecule has 0 radical (unpaired) electrons. The predicted octanol–water partition coefficient (Wildman–Crippen LogP) is 1.76. The van der Waals surface area contributed by atoms with E-state index in [2.05, 4.69) is 10.6 Å². The van der Waals surface area contributed by atoms with Crippen LogP contribution in [0.4, 0.5) is 5.69 Å². The molecule has 0 bridgehead atoms. The Morgan fingerprint density at radius 2 is 1.62 bits per heavy atom. The van der Waals surface area contributed by atoms with E-state index in [1.165, 1.54) is 7.05 Å². The number of nitrogens with zero attached hydrogens (tertiary/aromatic N) is 1. The summed E-state index contributed by atoms with van der Waals surface area (Å²) >= 11 is 0. The molecule has 0 saturated carbocycles. The fraction of sp³-hybridized carbons (Fsp3) is 0.304. The van der Waals surface area contributed by atoms with Crippen LogP contribution in [0.3, 0.4) is 0 Å². The van der Waals surface area contributed by atoms with E-state index in [4.69, 9.17) is 9.47 Å². The van der Waals surface area contributed by atoms with Crippen LogP contribution in [0, 0.1) is 6.92 Å². The first-order valence-electron chi connectivity index (χ1n) is 10.1. The number of rotatable bonds is 10. The Kier molecular flexibility index (Phi) is 9.22. The van der Waals surface area contributed by atoms with Crippen LogP contribution >= 0.6 is 0 Å². The zero-order valence-electron chi connectivity index (χ0n) is 18.3. The minimum absolute atomic E-state index is 0.196. The second-order valence-electron chi connectivity index (χ2n) is 6.96. The lowest BCUT2D eigenvalue weighted by molar-refractivity contribution is -0.150. The molecule has 2 N–H and O–H groups in total. The van der Waals surface area contributed by atoms with Crippen molar-refractivity contribution >= 4 is 29.4 Å². The fourth-order valence-electron chi connectivity index (χ4n) is 2.57. The summed E-state index contributed by atoms with van der Waals surface area (Å²) in [5.74, 6) is -1.51. The maximum absolute atomic E-state index is 12.1. The number of carbonyl (C=O) groups is 4. The van der Waals surface area contributed by atoms with E-state index in [9.17, 15) is 19.2 Å². The molecular weight excluding hydrogens is 414 g/mol. The van der Waals surface area contributed by atoms with Crippen LogP contribution in [0.25, 0.3) is 0 Å². The van der Waals surface area contributed by atoms with Crippen LogP contribution in [-0.2, 0) is 19.1 Å². The average Bonchev–Trinajstić information content (AvgIpc) is 2.78. The number of esters is 1. The molecule has 32 heavy (non-hydrogen) atoms. The van der Waals surface area contributed by atoms with Crippen molar-refractivity contribution in [1.29, 1.82) is 0 Å². The molecule has 9 heteroatoms. The molecule has 0 heterocycles. The number of likely N-dealkylation sites (N-methyl/N-ethyl adjacent to an activating group) is 1. The SMILES string of the molecule is CCOc1ccc(C(=O)NCC(=O)OCC(=O)N(C)CC(=O)Nc2ccc(C)cc2)cc1. The summed E-state index contributed by atoms with van der Waals surface area (Å²) in [4.78, 5) is 49.2. The van der Waals surface area contributed by atoms with E-state index in [0.29, 0.717) is 23.6 Å². The first-order chi connectivity index (χ1) is 15.3. The van der Waals surface area contributed by atoms with Crippen LogP contribution < -0.4 is 15.4 Å². The number of amides is 3. The van der Waals surface area contributed by atoms with Gasteiger partial charge in [-0.1, -0.05) is 17.7 Å². The first kappa shape index (κ1) is 24.4. The summed E-state index contributed by atoms with van der Waals surface area (Å²) in [5.41, 5.74) is 2.04. The molecular formula is C23H27N3O6. The second kappa shape index (κ2) is 12.1. The first-order valence-corrected chi connectivity index (χ1v) is 10.1. The minimum Gasteiger partial charge on any atom is -0.494 e. The smallest absolute Gasteiger partial charge is 0.325 e. The van der Waals surface area contributed by atoms with Crippen molar-refractivity contribution < 1.29 is 28.7 Å². The summed E-state index contributed by atoms with van der Waals surface area (Å²) in [6.07, 6.45) is 0. The van der Waals surface area contributed by atoms with Crippen LogP contribution in [0.15, 0.2) is 48.5 Å². The Morgan fingerprint density at radius 1 is 0.969 bits per heavy atom. The van der Waals surface area contributed by atoms with Gasteiger partial charge in [-0.15, -0.1) is 0 Å². The average molecular weight is 441 g/mol. The molecule has 9 nitrogen and oxygen atoms in total. The van der Waals surface area contributed by atoms with Crippen molar-refractivity contribution in [3.8, 4) is 5.75 Å². The normalized spacial score (nSPS) is 10.1. The van der Waals surface area contributed by atoms with Crippen LogP contribution in [0.5, 0.6) is 5.75 Å². The van der Waals surface area contributed by atoms with Crippen LogP contribution in [0.1, 0.15) is 22.8 Å². The van der Waals surface area contributed by atoms with Gasteiger partial charge >= 0.3 is 5.97 Å². The molecule has 170 valence electrons. The highest BCUT2D eigenvalue weighted by Gasteiger charge is 2.16. The summed E-state index contributed by atoms with van der Waals surface area (Å²) in [6, 6.07) is 13.7. The molecule has 2 rings (SSSR count). The number of aryl methyl sites for hydroxylation is 1. The van der Waals surface area contributed by atoms with Gasteiger partial charge in [0.2, 0.25) is 5.91 Å². The quantitative estimate of drug-likeness (QED) is 0.543. The van der Waals surface area contributed by atoms with Crippen LogP contribution in [-0.4, -0.2) is 61.9 Å². The Morgan fingerprint density at radius 3 is 2.25 bits per heavy atom. The monoisotopic (exact) mass is 441 g/mol. The molecule has 0 fully saturated rings. The van der Waals surface area contributed by atoms with Gasteiger partial charge in [0, 0.05) is 18.3 Å².